The summed E-state index contributed by atoms with van der Waals surface area (Å²) >= 11 is 0. The predicted octanol–water partition coefficient (Wildman–Crippen LogP) is 3.03. The van der Waals surface area contributed by atoms with Gasteiger partial charge in [-0.25, -0.2) is 4.39 Å². The number of aromatic nitrogens is 2. The normalized spacial score (nSPS) is 27.1. The fourth-order valence-electron chi connectivity index (χ4n) is 3.88. The van der Waals surface area contributed by atoms with Crippen molar-refractivity contribution in [1.82, 2.24) is 15.5 Å². The van der Waals surface area contributed by atoms with Gasteiger partial charge in [-0.05, 0) is 43.5 Å². The van der Waals surface area contributed by atoms with Crippen LogP contribution in [0.1, 0.15) is 43.1 Å². The number of rotatable bonds is 8. The lowest BCUT2D eigenvalue weighted by Gasteiger charge is -2.34. The zero-order chi connectivity index (χ0) is 24.3. The molecule has 1 aliphatic heterocycles. The van der Waals surface area contributed by atoms with Gasteiger partial charge in [0.1, 0.15) is 11.6 Å². The summed E-state index contributed by atoms with van der Waals surface area (Å²) < 4.78 is 76.0. The molecule has 1 aromatic carbocycles. The minimum atomic E-state index is -4.67. The molecule has 1 saturated heterocycles. The Morgan fingerprint density at radius 3 is 2.53 bits per heavy atom. The van der Waals surface area contributed by atoms with Crippen molar-refractivity contribution < 1.29 is 45.7 Å². The van der Waals surface area contributed by atoms with E-state index in [4.69, 9.17) is 18.6 Å². The van der Waals surface area contributed by atoms with Gasteiger partial charge in [0, 0.05) is 13.0 Å². The van der Waals surface area contributed by atoms with Gasteiger partial charge in [0.15, 0.2) is 12.7 Å². The number of halogens is 4. The van der Waals surface area contributed by atoms with Gasteiger partial charge in [-0.15, -0.1) is 23.4 Å². The van der Waals surface area contributed by atoms with E-state index in [1.807, 2.05) is 0 Å². The zero-order valence-electron chi connectivity index (χ0n) is 18.1. The number of carbonyl (C=O) groups is 1. The second kappa shape index (κ2) is 10.2. The Kier molecular flexibility index (Phi) is 7.33. The van der Waals surface area contributed by atoms with Gasteiger partial charge >= 0.3 is 6.36 Å². The van der Waals surface area contributed by atoms with Crippen molar-refractivity contribution in [3.63, 3.8) is 0 Å². The molecule has 0 radical (unpaired) electrons. The second-order valence-corrected chi connectivity index (χ2v) is 8.10. The number of benzene rings is 1. The highest BCUT2D eigenvalue weighted by Crippen LogP contribution is 2.41. The summed E-state index contributed by atoms with van der Waals surface area (Å²) in [6.07, 6.45) is -6.12. The van der Waals surface area contributed by atoms with Crippen LogP contribution in [0.4, 0.5) is 17.6 Å². The minimum absolute atomic E-state index is 0.133. The third-order valence-corrected chi connectivity index (χ3v) is 5.63. The predicted molar refractivity (Wildman–Crippen MR) is 105 cm³/mol. The van der Waals surface area contributed by atoms with E-state index >= 15 is 0 Å². The molecule has 1 amide bonds. The van der Waals surface area contributed by atoms with Gasteiger partial charge in [-0.1, -0.05) is 0 Å². The van der Waals surface area contributed by atoms with Crippen molar-refractivity contribution in [2.75, 3.05) is 20.3 Å². The molecule has 1 N–H and O–H groups in total. The number of carbonyl (C=O) groups excluding carboxylic acids is 1. The van der Waals surface area contributed by atoms with Crippen molar-refractivity contribution in [1.29, 1.82) is 0 Å². The van der Waals surface area contributed by atoms with Crippen LogP contribution in [0, 0.1) is 5.82 Å². The summed E-state index contributed by atoms with van der Waals surface area (Å²) in [4.78, 5) is 12.2. The van der Waals surface area contributed by atoms with Gasteiger partial charge in [0.05, 0.1) is 24.9 Å². The number of alkyl halides is 3. The van der Waals surface area contributed by atoms with Crippen LogP contribution in [0.25, 0.3) is 0 Å². The van der Waals surface area contributed by atoms with E-state index in [-0.39, 0.29) is 55.7 Å². The lowest BCUT2D eigenvalue weighted by atomic mass is 9.82. The van der Waals surface area contributed by atoms with E-state index in [1.165, 1.54) is 31.4 Å². The fourth-order valence-corrected chi connectivity index (χ4v) is 3.88. The Bertz CT molecular complexity index is 964. The Labute approximate surface area is 191 Å². The van der Waals surface area contributed by atoms with Crippen molar-refractivity contribution in [2.24, 2.45) is 0 Å². The highest BCUT2D eigenvalue weighted by atomic mass is 19.4. The molecule has 1 saturated carbocycles. The molecule has 3 atom stereocenters. The van der Waals surface area contributed by atoms with Crippen LogP contribution in [-0.2, 0) is 19.0 Å². The standard InChI is InChI=1S/C21H23F4N3O6/c1-30-16-8-13(26-17(29)10-31-14-4-2-12(22)3-5-14)9-32-18(16)20-28-27-19(33-20)11-6-15(7-11)34-21(23,24)25/h2-5,11,13,15-16,18H,6-10H2,1H3,(H,26,29)/t11-,13-,15+,16+,18+/m0/s1. The van der Waals surface area contributed by atoms with E-state index in [0.717, 1.165) is 0 Å². The van der Waals surface area contributed by atoms with E-state index < -0.39 is 30.5 Å². The molecule has 186 valence electrons. The number of nitrogens with one attached hydrogen (secondary N) is 1. The smallest absolute Gasteiger partial charge is 0.484 e. The number of nitrogens with zero attached hydrogens (tertiary/aromatic N) is 2. The van der Waals surface area contributed by atoms with Crippen LogP contribution in [0.3, 0.4) is 0 Å². The minimum Gasteiger partial charge on any atom is -0.484 e. The van der Waals surface area contributed by atoms with Crippen molar-refractivity contribution in [2.45, 2.75) is 55.9 Å². The third kappa shape index (κ3) is 6.21. The van der Waals surface area contributed by atoms with Crippen LogP contribution >= 0.6 is 0 Å². The summed E-state index contributed by atoms with van der Waals surface area (Å²) in [6.45, 7) is -0.105. The number of ether oxygens (including phenoxy) is 4. The van der Waals surface area contributed by atoms with Crippen LogP contribution < -0.4 is 10.1 Å². The molecule has 1 aliphatic carbocycles. The number of hydrogen-bond acceptors (Lipinski definition) is 8. The topological polar surface area (TPSA) is 105 Å². The first-order valence-corrected chi connectivity index (χ1v) is 10.6. The quantitative estimate of drug-likeness (QED) is 0.565. The average molecular weight is 489 g/mol. The molecule has 2 heterocycles. The molecule has 1 aromatic heterocycles. The van der Waals surface area contributed by atoms with Crippen molar-refractivity contribution in [3.05, 3.63) is 41.9 Å². The molecule has 0 unspecified atom stereocenters. The Balaban J connectivity index is 1.25. The van der Waals surface area contributed by atoms with Gasteiger partial charge < -0.3 is 23.9 Å². The van der Waals surface area contributed by atoms with Gasteiger partial charge in [-0.2, -0.15) is 0 Å². The van der Waals surface area contributed by atoms with E-state index in [9.17, 15) is 22.4 Å². The average Bonchev–Trinajstić information content (AvgIpc) is 3.24. The summed E-state index contributed by atoms with van der Waals surface area (Å²) in [7, 11) is 1.48. The third-order valence-electron chi connectivity index (χ3n) is 5.63. The Morgan fingerprint density at radius 2 is 1.85 bits per heavy atom. The zero-order valence-corrected chi connectivity index (χ0v) is 18.1. The molecular weight excluding hydrogens is 466 g/mol. The van der Waals surface area contributed by atoms with E-state index in [2.05, 4.69) is 20.3 Å². The lowest BCUT2D eigenvalue weighted by Crippen LogP contribution is -2.48. The summed E-state index contributed by atoms with van der Waals surface area (Å²) in [5, 5.41) is 10.7. The van der Waals surface area contributed by atoms with Crippen LogP contribution in [0.15, 0.2) is 28.7 Å². The fraction of sp³-hybridized carbons (Fsp3) is 0.571. The first kappa shape index (κ1) is 24.4. The van der Waals surface area contributed by atoms with E-state index in [0.29, 0.717) is 12.2 Å². The molecule has 4 rings (SSSR count). The van der Waals surface area contributed by atoms with Gasteiger partial charge in [-0.3, -0.25) is 9.53 Å². The number of amides is 1. The maximum Gasteiger partial charge on any atom is 0.522 e. The molecular formula is C21H23F4N3O6. The van der Waals surface area contributed by atoms with Crippen molar-refractivity contribution in [3.8, 4) is 5.75 Å². The maximum absolute atomic E-state index is 12.9. The molecule has 2 aliphatic rings. The first-order valence-electron chi connectivity index (χ1n) is 10.6. The lowest BCUT2D eigenvalue weighted by molar-refractivity contribution is -0.352. The second-order valence-electron chi connectivity index (χ2n) is 8.10. The highest BCUT2D eigenvalue weighted by molar-refractivity contribution is 5.77. The molecule has 34 heavy (non-hydrogen) atoms. The Morgan fingerprint density at radius 1 is 1.15 bits per heavy atom. The van der Waals surface area contributed by atoms with Crippen molar-refractivity contribution >= 4 is 5.91 Å². The molecule has 0 spiro atoms. The molecule has 13 heteroatoms. The summed E-state index contributed by atoms with van der Waals surface area (Å²) in [5.74, 6) is -0.355. The Hall–Kier alpha value is -2.77. The monoisotopic (exact) mass is 489 g/mol. The van der Waals surface area contributed by atoms with Crippen LogP contribution in [-0.4, -0.2) is 61.0 Å². The molecule has 2 aromatic rings. The van der Waals surface area contributed by atoms with E-state index in [1.54, 1.807) is 0 Å². The summed E-state index contributed by atoms with van der Waals surface area (Å²) in [6, 6.07) is 4.94. The van der Waals surface area contributed by atoms with Crippen LogP contribution in [0.2, 0.25) is 0 Å². The largest absolute Gasteiger partial charge is 0.522 e. The maximum atomic E-state index is 12.9. The number of methoxy groups -OCH3 is 1. The van der Waals surface area contributed by atoms with Crippen LogP contribution in [0.5, 0.6) is 5.75 Å². The molecule has 9 nitrogen and oxygen atoms in total. The van der Waals surface area contributed by atoms with Gasteiger partial charge in [0.25, 0.3) is 5.91 Å². The number of hydrogen-bond donors (Lipinski definition) is 1. The molecule has 2 fully saturated rings. The molecule has 0 bridgehead atoms. The SMILES string of the molecule is CO[C@@H]1C[C@H](NC(=O)COc2ccc(F)cc2)CO[C@H]1c1nnc([C@H]2C[C@@H](OC(F)(F)F)C2)o1. The summed E-state index contributed by atoms with van der Waals surface area (Å²) in [5.41, 5.74) is 0. The highest BCUT2D eigenvalue weighted by Gasteiger charge is 2.43. The first-order chi connectivity index (χ1) is 16.2. The van der Waals surface area contributed by atoms with Gasteiger partial charge in [0.2, 0.25) is 11.8 Å².